The van der Waals surface area contributed by atoms with Crippen LogP contribution in [0.2, 0.25) is 0 Å². The zero-order valence-electron chi connectivity index (χ0n) is 27.7. The number of hydrogen-bond acceptors (Lipinski definition) is 8. The van der Waals surface area contributed by atoms with E-state index in [1.165, 1.54) is 0 Å². The summed E-state index contributed by atoms with van der Waals surface area (Å²) in [5, 5.41) is 2.85. The summed E-state index contributed by atoms with van der Waals surface area (Å²) in [7, 11) is 3.19. The van der Waals surface area contributed by atoms with Crippen LogP contribution in [0.1, 0.15) is 63.4 Å². The number of likely N-dealkylation sites (tertiary alicyclic amines) is 1. The number of nitrogens with one attached hydrogen (secondary N) is 1. The SMILES string of the molecule is COCCCOc1cc(C(=O)N(C(C)C)C2CC(CNC(=O)OCc3ccccc3)CN(C(=O)OC(C)(C)C)C2)ccc1OC. The molecular weight excluding hydrogens is 578 g/mol. The highest BCUT2D eigenvalue weighted by Crippen LogP contribution is 2.31. The largest absolute Gasteiger partial charge is 0.493 e. The molecular formula is C34H49N3O8. The molecule has 0 bridgehead atoms. The van der Waals surface area contributed by atoms with E-state index in [2.05, 4.69) is 5.32 Å². The average molecular weight is 628 g/mol. The zero-order chi connectivity index (χ0) is 33.0. The number of hydrogen-bond donors (Lipinski definition) is 1. The Morgan fingerprint density at radius 3 is 2.38 bits per heavy atom. The fourth-order valence-electron chi connectivity index (χ4n) is 5.28. The summed E-state index contributed by atoms with van der Waals surface area (Å²) < 4.78 is 27.6. The number of piperidine rings is 1. The van der Waals surface area contributed by atoms with Crippen molar-refractivity contribution in [2.75, 3.05) is 47.1 Å². The lowest BCUT2D eigenvalue weighted by atomic mass is 9.92. The molecule has 0 radical (unpaired) electrons. The van der Waals surface area contributed by atoms with Gasteiger partial charge in [0.1, 0.15) is 12.2 Å². The third-order valence-electron chi connectivity index (χ3n) is 7.26. The van der Waals surface area contributed by atoms with Crippen molar-refractivity contribution in [2.24, 2.45) is 5.92 Å². The molecule has 3 rings (SSSR count). The maximum Gasteiger partial charge on any atom is 0.410 e. The monoisotopic (exact) mass is 627 g/mol. The van der Waals surface area contributed by atoms with Gasteiger partial charge in [0, 0.05) is 51.4 Å². The Hall–Kier alpha value is -3.99. The minimum Gasteiger partial charge on any atom is -0.493 e. The molecule has 1 saturated heterocycles. The average Bonchev–Trinajstić information content (AvgIpc) is 3.00. The van der Waals surface area contributed by atoms with Gasteiger partial charge in [0.2, 0.25) is 0 Å². The van der Waals surface area contributed by atoms with Crippen molar-refractivity contribution in [1.29, 1.82) is 0 Å². The molecule has 1 heterocycles. The first kappa shape index (κ1) is 35.5. The summed E-state index contributed by atoms with van der Waals surface area (Å²) in [4.78, 5) is 43.3. The second kappa shape index (κ2) is 16.9. The van der Waals surface area contributed by atoms with Gasteiger partial charge in [-0.3, -0.25) is 4.79 Å². The Balaban J connectivity index is 1.79. The summed E-state index contributed by atoms with van der Waals surface area (Å²) in [6, 6.07) is 14.0. The molecule has 11 heteroatoms. The minimum absolute atomic E-state index is 0.148. The van der Waals surface area contributed by atoms with Gasteiger partial charge in [-0.2, -0.15) is 0 Å². The van der Waals surface area contributed by atoms with Gasteiger partial charge in [0.25, 0.3) is 5.91 Å². The van der Waals surface area contributed by atoms with Crippen LogP contribution >= 0.6 is 0 Å². The van der Waals surface area contributed by atoms with Crippen molar-refractivity contribution in [3.8, 4) is 11.5 Å². The molecule has 248 valence electrons. The molecule has 3 amide bonds. The predicted octanol–water partition coefficient (Wildman–Crippen LogP) is 5.51. The minimum atomic E-state index is -0.685. The maximum absolute atomic E-state index is 14.1. The number of ether oxygens (including phenoxy) is 5. The van der Waals surface area contributed by atoms with Crippen LogP contribution in [-0.2, 0) is 20.8 Å². The van der Waals surface area contributed by atoms with Gasteiger partial charge in [-0.15, -0.1) is 0 Å². The maximum atomic E-state index is 14.1. The first-order chi connectivity index (χ1) is 21.4. The third kappa shape index (κ3) is 11.1. The number of rotatable bonds is 13. The predicted molar refractivity (Wildman–Crippen MR) is 171 cm³/mol. The van der Waals surface area contributed by atoms with E-state index in [1.807, 2.05) is 65.0 Å². The molecule has 2 unspecified atom stereocenters. The van der Waals surface area contributed by atoms with E-state index in [1.54, 1.807) is 42.2 Å². The molecule has 0 aliphatic carbocycles. The molecule has 45 heavy (non-hydrogen) atoms. The molecule has 11 nitrogen and oxygen atoms in total. The van der Waals surface area contributed by atoms with E-state index >= 15 is 0 Å². The van der Waals surface area contributed by atoms with Crippen molar-refractivity contribution < 1.29 is 38.1 Å². The Kier molecular flexibility index (Phi) is 13.3. The van der Waals surface area contributed by atoms with Gasteiger partial charge in [0.05, 0.1) is 19.8 Å². The van der Waals surface area contributed by atoms with Crippen LogP contribution in [0.3, 0.4) is 0 Å². The molecule has 2 aromatic rings. The Morgan fingerprint density at radius 1 is 1.00 bits per heavy atom. The molecule has 2 aromatic carbocycles. The molecule has 1 fully saturated rings. The number of alkyl carbamates (subject to hydrolysis) is 1. The third-order valence-corrected chi connectivity index (χ3v) is 7.26. The molecule has 1 N–H and O–H groups in total. The first-order valence-electron chi connectivity index (χ1n) is 15.5. The highest BCUT2D eigenvalue weighted by atomic mass is 16.6. The Bertz CT molecular complexity index is 1250. The highest BCUT2D eigenvalue weighted by Gasteiger charge is 2.38. The van der Waals surface area contributed by atoms with Crippen molar-refractivity contribution in [1.82, 2.24) is 15.1 Å². The standard InChI is InChI=1S/C34H49N3O8/c1-24(2)37(31(38)27-14-15-29(42-7)30(19-27)43-17-11-16-41-6)28-18-26(21-36(22-28)33(40)45-34(3,4)5)20-35-32(39)44-23-25-12-9-8-10-13-25/h8-10,12-15,19,24,26,28H,11,16-18,20-23H2,1-7H3,(H,35,39). The lowest BCUT2D eigenvalue weighted by Crippen LogP contribution is -2.57. The molecule has 0 spiro atoms. The highest BCUT2D eigenvalue weighted by molar-refractivity contribution is 5.95. The lowest BCUT2D eigenvalue weighted by Gasteiger charge is -2.44. The van der Waals surface area contributed by atoms with Gasteiger partial charge in [0.15, 0.2) is 11.5 Å². The van der Waals surface area contributed by atoms with Gasteiger partial charge < -0.3 is 38.8 Å². The van der Waals surface area contributed by atoms with E-state index < -0.39 is 17.8 Å². The second-order valence-corrected chi connectivity index (χ2v) is 12.5. The van der Waals surface area contributed by atoms with E-state index in [0.717, 1.165) is 5.56 Å². The van der Waals surface area contributed by atoms with Gasteiger partial charge in [-0.25, -0.2) is 9.59 Å². The van der Waals surface area contributed by atoms with Crippen molar-refractivity contribution >= 4 is 18.1 Å². The van der Waals surface area contributed by atoms with Crippen LogP contribution in [0.25, 0.3) is 0 Å². The van der Waals surface area contributed by atoms with E-state index in [-0.39, 0.29) is 37.1 Å². The smallest absolute Gasteiger partial charge is 0.410 e. The van der Waals surface area contributed by atoms with Gasteiger partial charge in [-0.05, 0) is 70.7 Å². The fourth-order valence-corrected chi connectivity index (χ4v) is 5.28. The number of carbonyl (C=O) groups is 3. The van der Waals surface area contributed by atoms with Crippen molar-refractivity contribution in [2.45, 2.75) is 71.8 Å². The summed E-state index contributed by atoms with van der Waals surface area (Å²) >= 11 is 0. The van der Waals surface area contributed by atoms with E-state index in [4.69, 9.17) is 23.7 Å². The van der Waals surface area contributed by atoms with Gasteiger partial charge in [-0.1, -0.05) is 30.3 Å². The van der Waals surface area contributed by atoms with E-state index in [0.29, 0.717) is 56.2 Å². The molecule has 1 aliphatic rings. The van der Waals surface area contributed by atoms with Gasteiger partial charge >= 0.3 is 12.2 Å². The molecule has 0 saturated carbocycles. The summed E-state index contributed by atoms with van der Waals surface area (Å²) in [5.41, 5.74) is 0.643. The quantitative estimate of drug-likeness (QED) is 0.289. The summed E-state index contributed by atoms with van der Waals surface area (Å²) in [6.45, 7) is 11.4. The van der Waals surface area contributed by atoms with Crippen molar-refractivity contribution in [3.63, 3.8) is 0 Å². The number of amides is 3. The molecule has 2 atom stereocenters. The lowest BCUT2D eigenvalue weighted by molar-refractivity contribution is -0.00117. The summed E-state index contributed by atoms with van der Waals surface area (Å²) in [6.07, 6.45) is 0.251. The van der Waals surface area contributed by atoms with E-state index in [9.17, 15) is 14.4 Å². The number of benzene rings is 2. The number of nitrogens with zero attached hydrogens (tertiary/aromatic N) is 2. The molecule has 0 aromatic heterocycles. The Morgan fingerprint density at radius 2 is 1.73 bits per heavy atom. The first-order valence-corrected chi connectivity index (χ1v) is 15.5. The number of methoxy groups -OCH3 is 2. The van der Waals surface area contributed by atoms with Crippen LogP contribution in [0.4, 0.5) is 9.59 Å². The number of carbonyl (C=O) groups excluding carboxylic acids is 3. The summed E-state index contributed by atoms with van der Waals surface area (Å²) in [5.74, 6) is 0.655. The fraction of sp³-hybridized carbons (Fsp3) is 0.559. The topological polar surface area (TPSA) is 116 Å². The normalized spacial score (nSPS) is 16.6. The zero-order valence-corrected chi connectivity index (χ0v) is 27.7. The van der Waals surface area contributed by atoms with Crippen LogP contribution in [0.15, 0.2) is 48.5 Å². The van der Waals surface area contributed by atoms with Crippen LogP contribution < -0.4 is 14.8 Å². The molecule has 1 aliphatic heterocycles. The van der Waals surface area contributed by atoms with Crippen LogP contribution in [0, 0.1) is 5.92 Å². The van der Waals surface area contributed by atoms with Crippen LogP contribution in [0.5, 0.6) is 11.5 Å². The second-order valence-electron chi connectivity index (χ2n) is 12.5. The van der Waals surface area contributed by atoms with Crippen molar-refractivity contribution in [3.05, 3.63) is 59.7 Å². The Labute approximate surface area is 267 Å². The van der Waals surface area contributed by atoms with Crippen LogP contribution in [-0.4, -0.2) is 92.6 Å².